The molecular formula is C25H44O4. The Balaban J connectivity index is 1.88. The van der Waals surface area contributed by atoms with E-state index in [1.807, 2.05) is 0 Å². The third-order valence-electron chi connectivity index (χ3n) is 6.02. The Hall–Kier alpha value is -1.32. The number of unbranched alkanes of at least 4 members (excludes halogenated alkanes) is 11. The molecule has 1 rings (SSSR count). The van der Waals surface area contributed by atoms with Gasteiger partial charge in [-0.25, -0.2) is 0 Å². The van der Waals surface area contributed by atoms with Crippen molar-refractivity contribution < 1.29 is 19.4 Å². The van der Waals surface area contributed by atoms with E-state index in [-0.39, 0.29) is 5.97 Å². The highest BCUT2D eigenvalue weighted by Gasteiger charge is 2.36. The van der Waals surface area contributed by atoms with Crippen molar-refractivity contribution in [2.75, 3.05) is 6.61 Å². The largest absolute Gasteiger partial charge is 0.481 e. The molecule has 1 saturated carbocycles. The Morgan fingerprint density at radius 1 is 0.793 bits per heavy atom. The molecule has 1 fully saturated rings. The van der Waals surface area contributed by atoms with Crippen LogP contribution in [0.4, 0.5) is 0 Å². The topological polar surface area (TPSA) is 63.6 Å². The first-order chi connectivity index (χ1) is 14.2. The number of ether oxygens (including phenoxy) is 1. The molecule has 2 unspecified atom stereocenters. The van der Waals surface area contributed by atoms with Crippen LogP contribution < -0.4 is 0 Å². The van der Waals surface area contributed by atoms with Crippen LogP contribution in [0.25, 0.3) is 0 Å². The zero-order valence-electron chi connectivity index (χ0n) is 18.7. The summed E-state index contributed by atoms with van der Waals surface area (Å²) in [5.41, 5.74) is 0. The van der Waals surface area contributed by atoms with E-state index in [2.05, 4.69) is 19.1 Å². The number of hydrogen-bond donors (Lipinski definition) is 1. The first-order valence-corrected chi connectivity index (χ1v) is 12.2. The monoisotopic (exact) mass is 408 g/mol. The molecule has 168 valence electrons. The zero-order chi connectivity index (χ0) is 21.2. The molecular weight excluding hydrogens is 364 g/mol. The number of carbonyl (C=O) groups excluding carboxylic acids is 1. The van der Waals surface area contributed by atoms with Crippen molar-refractivity contribution in [1.82, 2.24) is 0 Å². The summed E-state index contributed by atoms with van der Waals surface area (Å²) in [4.78, 5) is 23.5. The first kappa shape index (κ1) is 25.7. The van der Waals surface area contributed by atoms with Crippen LogP contribution in [-0.2, 0) is 14.3 Å². The number of esters is 1. The second-order valence-corrected chi connectivity index (χ2v) is 8.59. The third-order valence-corrected chi connectivity index (χ3v) is 6.02. The molecule has 0 aliphatic heterocycles. The van der Waals surface area contributed by atoms with Crippen LogP contribution in [0, 0.1) is 11.8 Å². The molecule has 0 aromatic rings. The van der Waals surface area contributed by atoms with Crippen LogP contribution in [0.2, 0.25) is 0 Å². The van der Waals surface area contributed by atoms with E-state index < -0.39 is 17.8 Å². The van der Waals surface area contributed by atoms with E-state index in [0.29, 0.717) is 19.4 Å². The number of allylic oxidation sites excluding steroid dienone is 2. The predicted molar refractivity (Wildman–Crippen MR) is 119 cm³/mol. The lowest BCUT2D eigenvalue weighted by Crippen LogP contribution is -2.33. The van der Waals surface area contributed by atoms with Crippen LogP contribution in [0.5, 0.6) is 0 Å². The number of carbonyl (C=O) groups is 2. The smallest absolute Gasteiger partial charge is 0.309 e. The summed E-state index contributed by atoms with van der Waals surface area (Å²) >= 11 is 0. The molecule has 0 radical (unpaired) electrons. The van der Waals surface area contributed by atoms with E-state index in [9.17, 15) is 14.7 Å². The van der Waals surface area contributed by atoms with Gasteiger partial charge in [-0.2, -0.15) is 0 Å². The Labute approximate surface area is 178 Å². The van der Waals surface area contributed by atoms with Crippen molar-refractivity contribution in [1.29, 1.82) is 0 Å². The van der Waals surface area contributed by atoms with E-state index in [1.165, 1.54) is 70.6 Å². The van der Waals surface area contributed by atoms with Gasteiger partial charge in [0.2, 0.25) is 0 Å². The van der Waals surface area contributed by atoms with Gasteiger partial charge >= 0.3 is 11.9 Å². The summed E-state index contributed by atoms with van der Waals surface area (Å²) in [5.74, 6) is -2.13. The van der Waals surface area contributed by atoms with Gasteiger partial charge in [0.25, 0.3) is 0 Å². The maximum absolute atomic E-state index is 12.2. The van der Waals surface area contributed by atoms with E-state index >= 15 is 0 Å². The molecule has 1 aliphatic rings. The summed E-state index contributed by atoms with van der Waals surface area (Å²) in [6, 6.07) is 0. The molecule has 0 aromatic heterocycles. The Bertz CT molecular complexity index is 458. The average molecular weight is 409 g/mol. The van der Waals surface area contributed by atoms with Gasteiger partial charge in [0.1, 0.15) is 0 Å². The molecule has 0 bridgehead atoms. The lowest BCUT2D eigenvalue weighted by Gasteiger charge is -2.26. The fourth-order valence-corrected chi connectivity index (χ4v) is 4.17. The number of carboxylic acid groups (broad SMARTS) is 1. The molecule has 4 nitrogen and oxygen atoms in total. The van der Waals surface area contributed by atoms with Crippen LogP contribution in [0.1, 0.15) is 116 Å². The molecule has 2 atom stereocenters. The molecule has 0 spiro atoms. The van der Waals surface area contributed by atoms with Crippen LogP contribution in [0.15, 0.2) is 12.2 Å². The van der Waals surface area contributed by atoms with Crippen molar-refractivity contribution in [3.05, 3.63) is 12.2 Å². The van der Waals surface area contributed by atoms with Crippen LogP contribution in [0.3, 0.4) is 0 Å². The molecule has 0 aromatic carbocycles. The fourth-order valence-electron chi connectivity index (χ4n) is 4.17. The SMILES string of the molecule is CCC/C=C/CCCCCCCCCCCCOC(=O)C1CCCCC1C(=O)O. The molecule has 0 saturated heterocycles. The van der Waals surface area contributed by atoms with Gasteiger partial charge in [0.05, 0.1) is 18.4 Å². The highest BCUT2D eigenvalue weighted by Crippen LogP contribution is 2.31. The number of hydrogen-bond acceptors (Lipinski definition) is 3. The number of carboxylic acids is 1. The maximum Gasteiger partial charge on any atom is 0.309 e. The zero-order valence-corrected chi connectivity index (χ0v) is 18.7. The summed E-state index contributed by atoms with van der Waals surface area (Å²) in [6.07, 6.45) is 23.9. The van der Waals surface area contributed by atoms with Crippen LogP contribution in [-0.4, -0.2) is 23.7 Å². The van der Waals surface area contributed by atoms with Gasteiger partial charge in [-0.1, -0.05) is 89.7 Å². The minimum atomic E-state index is -0.851. The lowest BCUT2D eigenvalue weighted by atomic mass is 9.79. The molecule has 1 N–H and O–H groups in total. The van der Waals surface area contributed by atoms with Gasteiger partial charge in [-0.05, 0) is 38.5 Å². The van der Waals surface area contributed by atoms with Crippen molar-refractivity contribution in [3.63, 3.8) is 0 Å². The second-order valence-electron chi connectivity index (χ2n) is 8.59. The maximum atomic E-state index is 12.2. The van der Waals surface area contributed by atoms with Gasteiger partial charge in [-0.3, -0.25) is 9.59 Å². The van der Waals surface area contributed by atoms with Crippen molar-refractivity contribution >= 4 is 11.9 Å². The molecule has 4 heteroatoms. The first-order valence-electron chi connectivity index (χ1n) is 12.2. The van der Waals surface area contributed by atoms with Crippen LogP contribution >= 0.6 is 0 Å². The second kappa shape index (κ2) is 17.5. The highest BCUT2D eigenvalue weighted by molar-refractivity contribution is 5.81. The van der Waals surface area contributed by atoms with Gasteiger partial charge < -0.3 is 9.84 Å². The predicted octanol–water partition coefficient (Wildman–Crippen LogP) is 7.07. The molecule has 1 aliphatic carbocycles. The molecule has 29 heavy (non-hydrogen) atoms. The summed E-state index contributed by atoms with van der Waals surface area (Å²) in [7, 11) is 0. The van der Waals surface area contributed by atoms with Gasteiger partial charge in [0.15, 0.2) is 0 Å². The minimum absolute atomic E-state index is 0.294. The third kappa shape index (κ3) is 12.8. The minimum Gasteiger partial charge on any atom is -0.481 e. The quantitative estimate of drug-likeness (QED) is 0.159. The summed E-state index contributed by atoms with van der Waals surface area (Å²) in [5, 5.41) is 9.26. The van der Waals surface area contributed by atoms with Crippen molar-refractivity contribution in [3.8, 4) is 0 Å². The summed E-state index contributed by atoms with van der Waals surface area (Å²) in [6.45, 7) is 2.66. The van der Waals surface area contributed by atoms with Gasteiger partial charge in [-0.15, -0.1) is 0 Å². The molecule has 0 heterocycles. The lowest BCUT2D eigenvalue weighted by molar-refractivity contribution is -0.159. The summed E-state index contributed by atoms with van der Waals surface area (Å²) < 4.78 is 5.37. The van der Waals surface area contributed by atoms with Crippen molar-refractivity contribution in [2.45, 2.75) is 116 Å². The molecule has 0 amide bonds. The average Bonchev–Trinajstić information content (AvgIpc) is 2.73. The van der Waals surface area contributed by atoms with Crippen molar-refractivity contribution in [2.24, 2.45) is 11.8 Å². The normalized spacial score (nSPS) is 19.5. The van der Waals surface area contributed by atoms with Gasteiger partial charge in [0, 0.05) is 0 Å². The Kier molecular flexibility index (Phi) is 15.5. The highest BCUT2D eigenvalue weighted by atomic mass is 16.5. The Morgan fingerprint density at radius 2 is 1.31 bits per heavy atom. The van der Waals surface area contributed by atoms with E-state index in [0.717, 1.165) is 25.7 Å². The Morgan fingerprint density at radius 3 is 1.90 bits per heavy atom. The standard InChI is InChI=1S/C25H44O4/c1-2-3-4-5-6-7-8-9-10-11-12-13-14-15-18-21-29-25(28)23-20-17-16-19-22(23)24(26)27/h4-5,22-23H,2-3,6-21H2,1H3,(H,26,27)/b5-4+. The van der Waals surface area contributed by atoms with E-state index in [4.69, 9.17) is 4.74 Å². The number of rotatable bonds is 17. The number of aliphatic carboxylic acids is 1. The fraction of sp³-hybridized carbons (Fsp3) is 0.840. The van der Waals surface area contributed by atoms with E-state index in [1.54, 1.807) is 0 Å².